The zero-order valence-corrected chi connectivity index (χ0v) is 16.2. The van der Waals surface area contributed by atoms with Crippen LogP contribution in [0, 0.1) is 6.92 Å². The number of benzene rings is 1. The molecule has 0 saturated heterocycles. The van der Waals surface area contributed by atoms with Crippen LogP contribution < -0.4 is 4.74 Å². The Bertz CT molecular complexity index is 1060. The van der Waals surface area contributed by atoms with Crippen LogP contribution in [0.2, 0.25) is 5.02 Å². The zero-order chi connectivity index (χ0) is 18.1. The highest BCUT2D eigenvalue weighted by atomic mass is 79.9. The lowest BCUT2D eigenvalue weighted by Crippen LogP contribution is -2.01. The third-order valence-corrected chi connectivity index (χ3v) is 5.02. The maximum atomic E-state index is 6.23. The van der Waals surface area contributed by atoms with Crippen molar-refractivity contribution in [2.75, 3.05) is 0 Å². The van der Waals surface area contributed by atoms with Gasteiger partial charge in [-0.3, -0.25) is 4.98 Å². The Morgan fingerprint density at radius 1 is 1.23 bits per heavy atom. The van der Waals surface area contributed by atoms with Gasteiger partial charge in [-0.2, -0.15) is 0 Å². The van der Waals surface area contributed by atoms with Crippen molar-refractivity contribution in [3.63, 3.8) is 0 Å². The number of aromatic nitrogens is 4. The largest absolute Gasteiger partial charge is 0.487 e. The zero-order valence-electron chi connectivity index (χ0n) is 13.9. The lowest BCUT2D eigenvalue weighted by atomic mass is 10.1. The van der Waals surface area contributed by atoms with Crippen LogP contribution in [0.25, 0.3) is 16.6 Å². The minimum atomic E-state index is 0.317. The summed E-state index contributed by atoms with van der Waals surface area (Å²) in [5, 5.41) is 1.55. The van der Waals surface area contributed by atoms with Gasteiger partial charge in [-0.15, -0.1) is 0 Å². The Labute approximate surface area is 163 Å². The van der Waals surface area contributed by atoms with E-state index in [-0.39, 0.29) is 0 Å². The van der Waals surface area contributed by atoms with E-state index < -0.39 is 0 Å². The first-order valence-corrected chi connectivity index (χ1v) is 9.10. The molecule has 0 radical (unpaired) electrons. The summed E-state index contributed by atoms with van der Waals surface area (Å²) in [7, 11) is 0. The Balaban J connectivity index is 1.77. The van der Waals surface area contributed by atoms with Gasteiger partial charge in [0.05, 0.1) is 17.0 Å². The van der Waals surface area contributed by atoms with E-state index in [0.29, 0.717) is 17.4 Å². The van der Waals surface area contributed by atoms with E-state index in [2.05, 4.69) is 30.9 Å². The second kappa shape index (κ2) is 7.05. The summed E-state index contributed by atoms with van der Waals surface area (Å²) >= 11 is 9.70. The Morgan fingerprint density at radius 3 is 2.88 bits per heavy atom. The summed E-state index contributed by atoms with van der Waals surface area (Å²) in [6.07, 6.45) is 8.75. The van der Waals surface area contributed by atoms with E-state index >= 15 is 0 Å². The molecule has 0 atom stereocenters. The van der Waals surface area contributed by atoms with Crippen LogP contribution in [0.4, 0.5) is 0 Å². The lowest BCUT2D eigenvalue weighted by molar-refractivity contribution is 0.308. The molecule has 130 valence electrons. The summed E-state index contributed by atoms with van der Waals surface area (Å²) in [4.78, 5) is 12.9. The van der Waals surface area contributed by atoms with E-state index in [1.165, 1.54) is 0 Å². The van der Waals surface area contributed by atoms with Gasteiger partial charge < -0.3 is 9.30 Å². The molecule has 4 rings (SSSR count). The molecule has 4 aromatic rings. The minimum absolute atomic E-state index is 0.317. The summed E-state index contributed by atoms with van der Waals surface area (Å²) in [5.41, 5.74) is 3.57. The minimum Gasteiger partial charge on any atom is -0.487 e. The standard InChI is InChI=1S/C19H14BrClN4O/c1-12-7-17(25-6-5-22-11-25)13-3-2-4-18(19(13)24-12)26-10-14-15(20)8-23-9-16(14)21/h2-9,11H,10H2,1H3. The van der Waals surface area contributed by atoms with Crippen LogP contribution in [0.3, 0.4) is 0 Å². The lowest BCUT2D eigenvalue weighted by Gasteiger charge is -2.14. The van der Waals surface area contributed by atoms with Crippen LogP contribution >= 0.6 is 27.5 Å². The van der Waals surface area contributed by atoms with Gasteiger partial charge in [-0.05, 0) is 35.0 Å². The van der Waals surface area contributed by atoms with Crippen LogP contribution in [0.1, 0.15) is 11.3 Å². The molecule has 3 aromatic heterocycles. The number of aryl methyl sites for hydroxylation is 1. The fraction of sp³-hybridized carbons (Fsp3) is 0.105. The Kier molecular flexibility index (Phi) is 4.61. The van der Waals surface area contributed by atoms with Crippen molar-refractivity contribution in [2.24, 2.45) is 0 Å². The number of ether oxygens (including phenoxy) is 1. The number of imidazole rings is 1. The molecule has 0 fully saturated rings. The third kappa shape index (κ3) is 3.18. The van der Waals surface area contributed by atoms with Crippen molar-refractivity contribution in [1.82, 2.24) is 19.5 Å². The molecule has 1 aromatic carbocycles. The fourth-order valence-corrected chi connectivity index (χ4v) is 3.56. The van der Waals surface area contributed by atoms with E-state index in [9.17, 15) is 0 Å². The van der Waals surface area contributed by atoms with Gasteiger partial charge >= 0.3 is 0 Å². The first kappa shape index (κ1) is 17.0. The quantitative estimate of drug-likeness (QED) is 0.452. The molecule has 0 saturated carbocycles. The van der Waals surface area contributed by atoms with E-state index in [1.807, 2.05) is 42.0 Å². The van der Waals surface area contributed by atoms with Crippen molar-refractivity contribution < 1.29 is 4.74 Å². The molecule has 0 amide bonds. The highest BCUT2D eigenvalue weighted by Gasteiger charge is 2.12. The number of halogens is 2. The van der Waals surface area contributed by atoms with Crippen molar-refractivity contribution >= 4 is 38.4 Å². The summed E-state index contributed by atoms with van der Waals surface area (Å²) < 4.78 is 8.85. The predicted molar refractivity (Wildman–Crippen MR) is 105 cm³/mol. The molecular formula is C19H14BrClN4O. The average molecular weight is 430 g/mol. The summed E-state index contributed by atoms with van der Waals surface area (Å²) in [6, 6.07) is 7.93. The summed E-state index contributed by atoms with van der Waals surface area (Å²) in [6.45, 7) is 2.28. The molecule has 0 aliphatic rings. The highest BCUT2D eigenvalue weighted by Crippen LogP contribution is 2.31. The monoisotopic (exact) mass is 428 g/mol. The van der Waals surface area contributed by atoms with Crippen molar-refractivity contribution in [3.05, 3.63) is 76.1 Å². The maximum Gasteiger partial charge on any atom is 0.146 e. The molecule has 7 heteroatoms. The number of nitrogens with zero attached hydrogens (tertiary/aromatic N) is 4. The number of pyridine rings is 2. The number of hydrogen-bond donors (Lipinski definition) is 0. The molecule has 0 N–H and O–H groups in total. The Morgan fingerprint density at radius 2 is 2.12 bits per heavy atom. The van der Waals surface area contributed by atoms with Gasteiger partial charge in [0.25, 0.3) is 0 Å². The molecule has 26 heavy (non-hydrogen) atoms. The van der Waals surface area contributed by atoms with Crippen LogP contribution in [-0.4, -0.2) is 19.5 Å². The molecule has 5 nitrogen and oxygen atoms in total. The van der Waals surface area contributed by atoms with Gasteiger partial charge in [0.15, 0.2) is 0 Å². The molecule has 3 heterocycles. The van der Waals surface area contributed by atoms with Gasteiger partial charge in [0.1, 0.15) is 17.9 Å². The summed E-state index contributed by atoms with van der Waals surface area (Å²) in [5.74, 6) is 0.701. The number of rotatable bonds is 4. The molecule has 0 unspecified atom stereocenters. The van der Waals surface area contributed by atoms with E-state index in [4.69, 9.17) is 16.3 Å². The molecule has 0 bridgehead atoms. The smallest absolute Gasteiger partial charge is 0.146 e. The second-order valence-electron chi connectivity index (χ2n) is 5.78. The fourth-order valence-electron chi connectivity index (χ4n) is 2.79. The SMILES string of the molecule is Cc1cc(-n2ccnc2)c2cccc(OCc3c(Cl)cncc3Br)c2n1. The molecule has 0 spiro atoms. The topological polar surface area (TPSA) is 52.8 Å². The predicted octanol–water partition coefficient (Wildman–Crippen LogP) is 5.12. The molecular weight excluding hydrogens is 416 g/mol. The Hall–Kier alpha value is -2.44. The van der Waals surface area contributed by atoms with Crippen LogP contribution in [-0.2, 0) is 6.61 Å². The van der Waals surface area contributed by atoms with Gasteiger partial charge in [0.2, 0.25) is 0 Å². The maximum absolute atomic E-state index is 6.23. The number of hydrogen-bond acceptors (Lipinski definition) is 4. The normalized spacial score (nSPS) is 11.0. The van der Waals surface area contributed by atoms with Crippen molar-refractivity contribution in [1.29, 1.82) is 0 Å². The van der Waals surface area contributed by atoms with E-state index in [1.54, 1.807) is 24.9 Å². The third-order valence-electron chi connectivity index (χ3n) is 4.02. The number of para-hydroxylation sites is 1. The van der Waals surface area contributed by atoms with Gasteiger partial charge in [-0.25, -0.2) is 9.97 Å². The van der Waals surface area contributed by atoms with Crippen LogP contribution in [0.5, 0.6) is 5.75 Å². The first-order valence-electron chi connectivity index (χ1n) is 7.93. The molecule has 0 aliphatic heterocycles. The second-order valence-corrected chi connectivity index (χ2v) is 7.04. The average Bonchev–Trinajstić information content (AvgIpc) is 3.15. The van der Waals surface area contributed by atoms with Crippen molar-refractivity contribution in [3.8, 4) is 11.4 Å². The number of fused-ring (bicyclic) bond motifs is 1. The molecule has 0 aliphatic carbocycles. The highest BCUT2D eigenvalue weighted by molar-refractivity contribution is 9.10. The van der Waals surface area contributed by atoms with Gasteiger partial charge in [-0.1, -0.05) is 23.7 Å². The first-order chi connectivity index (χ1) is 12.6. The van der Waals surface area contributed by atoms with Crippen molar-refractivity contribution in [2.45, 2.75) is 13.5 Å². The van der Waals surface area contributed by atoms with E-state index in [0.717, 1.165) is 32.3 Å². The van der Waals surface area contributed by atoms with Crippen LogP contribution in [0.15, 0.2) is 59.9 Å². The van der Waals surface area contributed by atoms with Gasteiger partial charge in [0, 0.05) is 45.9 Å².